The van der Waals surface area contributed by atoms with E-state index in [0.29, 0.717) is 29.7 Å². The van der Waals surface area contributed by atoms with Gasteiger partial charge in [-0.05, 0) is 24.2 Å². The summed E-state index contributed by atoms with van der Waals surface area (Å²) in [6.45, 7) is 0.884. The van der Waals surface area contributed by atoms with E-state index in [0.717, 1.165) is 0 Å². The van der Waals surface area contributed by atoms with Gasteiger partial charge in [0, 0.05) is 13.1 Å². The largest absolute Gasteiger partial charge is 0.316 e. The van der Waals surface area contributed by atoms with Gasteiger partial charge in [0.05, 0.1) is 15.9 Å². The van der Waals surface area contributed by atoms with Gasteiger partial charge in [-0.1, -0.05) is 0 Å². The van der Waals surface area contributed by atoms with E-state index in [4.69, 9.17) is 5.14 Å². The fraction of sp³-hybridized carbons (Fsp3) is 0.273. The first-order valence-electron chi connectivity index (χ1n) is 5.80. The molecule has 1 aromatic heterocycles. The molecule has 0 aliphatic carbocycles. The van der Waals surface area contributed by atoms with E-state index in [1.807, 2.05) is 11.9 Å². The Labute approximate surface area is 113 Å². The topological polar surface area (TPSA) is 129 Å². The predicted octanol–water partition coefficient (Wildman–Crippen LogP) is -1.19. The van der Waals surface area contributed by atoms with Gasteiger partial charge in [0.25, 0.3) is 0 Å². The first kappa shape index (κ1) is 13.0. The molecule has 4 N–H and O–H groups in total. The second-order valence-electron chi connectivity index (χ2n) is 4.88. The van der Waals surface area contributed by atoms with Gasteiger partial charge in [-0.3, -0.25) is 14.5 Å². The standard InChI is InChI=1S/C11H12N4O4S/c1-15-3-5-6(4-15)9-7(2-8(5)20(12,18)19)13-10(16)11(17)14-9/h2H,3-4H2,1H3,(H,13,16)(H,14,17)(H2,12,18,19). The SMILES string of the molecule is CN1Cc2c(S(N)(=O)=O)cc3[nH]c(=O)c(=O)[nH]c3c2C1. The van der Waals surface area contributed by atoms with Crippen LogP contribution in [0, 0.1) is 0 Å². The Morgan fingerprint density at radius 1 is 1.15 bits per heavy atom. The number of nitrogens with zero attached hydrogens (tertiary/aromatic N) is 1. The van der Waals surface area contributed by atoms with E-state index in [2.05, 4.69) is 9.97 Å². The Balaban J connectivity index is 2.52. The second kappa shape index (κ2) is 4.01. The maximum Gasteiger partial charge on any atom is 0.314 e. The van der Waals surface area contributed by atoms with E-state index in [9.17, 15) is 18.0 Å². The van der Waals surface area contributed by atoms with Crippen LogP contribution in [0.3, 0.4) is 0 Å². The summed E-state index contributed by atoms with van der Waals surface area (Å²) in [6.07, 6.45) is 0. The van der Waals surface area contributed by atoms with Crippen molar-refractivity contribution in [3.8, 4) is 0 Å². The molecule has 0 fully saturated rings. The zero-order valence-corrected chi connectivity index (χ0v) is 11.4. The molecule has 2 aromatic rings. The van der Waals surface area contributed by atoms with E-state index < -0.39 is 21.1 Å². The minimum absolute atomic E-state index is 0.0213. The number of aromatic amines is 2. The minimum Gasteiger partial charge on any atom is -0.316 e. The fourth-order valence-corrected chi connectivity index (χ4v) is 3.35. The van der Waals surface area contributed by atoms with Crippen LogP contribution >= 0.6 is 0 Å². The third kappa shape index (κ3) is 1.87. The normalized spacial score (nSPS) is 15.7. The van der Waals surface area contributed by atoms with Gasteiger partial charge in [0.2, 0.25) is 10.0 Å². The van der Waals surface area contributed by atoms with Gasteiger partial charge in [-0.25, -0.2) is 13.6 Å². The van der Waals surface area contributed by atoms with Crippen molar-refractivity contribution in [1.29, 1.82) is 0 Å². The molecule has 0 unspecified atom stereocenters. The Kier molecular flexibility index (Phi) is 2.61. The van der Waals surface area contributed by atoms with Crippen molar-refractivity contribution in [3.05, 3.63) is 37.9 Å². The second-order valence-corrected chi connectivity index (χ2v) is 6.41. The first-order chi connectivity index (χ1) is 9.27. The molecule has 9 heteroatoms. The first-order valence-corrected chi connectivity index (χ1v) is 7.34. The molecule has 20 heavy (non-hydrogen) atoms. The summed E-state index contributed by atoms with van der Waals surface area (Å²) >= 11 is 0. The Hall–Kier alpha value is -1.97. The lowest BCUT2D eigenvalue weighted by Crippen LogP contribution is -2.29. The summed E-state index contributed by atoms with van der Waals surface area (Å²) in [7, 11) is -2.08. The summed E-state index contributed by atoms with van der Waals surface area (Å²) in [5.41, 5.74) is 0.336. The molecular weight excluding hydrogens is 284 g/mol. The van der Waals surface area contributed by atoms with Gasteiger partial charge in [0.15, 0.2) is 0 Å². The molecule has 0 radical (unpaired) electrons. The highest BCUT2D eigenvalue weighted by Crippen LogP contribution is 2.31. The highest BCUT2D eigenvalue weighted by atomic mass is 32.2. The molecule has 1 aliphatic heterocycles. The van der Waals surface area contributed by atoms with E-state index in [1.165, 1.54) is 6.07 Å². The van der Waals surface area contributed by atoms with Crippen LogP contribution in [0.5, 0.6) is 0 Å². The van der Waals surface area contributed by atoms with Gasteiger partial charge in [-0.15, -0.1) is 0 Å². The van der Waals surface area contributed by atoms with Crippen LogP contribution in [0.2, 0.25) is 0 Å². The van der Waals surface area contributed by atoms with Gasteiger partial charge < -0.3 is 9.97 Å². The molecule has 0 bridgehead atoms. The van der Waals surface area contributed by atoms with Crippen molar-refractivity contribution < 1.29 is 8.42 Å². The maximum atomic E-state index is 11.7. The van der Waals surface area contributed by atoms with Crippen LogP contribution in [-0.2, 0) is 23.1 Å². The average molecular weight is 296 g/mol. The fourth-order valence-electron chi connectivity index (χ4n) is 2.54. The Morgan fingerprint density at radius 3 is 2.40 bits per heavy atom. The summed E-state index contributed by atoms with van der Waals surface area (Å²) in [5.74, 6) is 0. The maximum absolute atomic E-state index is 11.7. The zero-order chi connectivity index (χ0) is 14.7. The van der Waals surface area contributed by atoms with Crippen LogP contribution in [0.1, 0.15) is 11.1 Å². The molecule has 8 nitrogen and oxygen atoms in total. The summed E-state index contributed by atoms with van der Waals surface area (Å²) < 4.78 is 23.4. The molecule has 0 saturated heterocycles. The number of benzene rings is 1. The highest BCUT2D eigenvalue weighted by molar-refractivity contribution is 7.89. The summed E-state index contributed by atoms with van der Waals surface area (Å²) in [6, 6.07) is 1.29. The van der Waals surface area contributed by atoms with Crippen molar-refractivity contribution in [3.63, 3.8) is 0 Å². The van der Waals surface area contributed by atoms with Gasteiger partial charge >= 0.3 is 11.1 Å². The van der Waals surface area contributed by atoms with E-state index >= 15 is 0 Å². The smallest absolute Gasteiger partial charge is 0.314 e. The molecule has 1 aliphatic rings. The van der Waals surface area contributed by atoms with Crippen molar-refractivity contribution in [2.45, 2.75) is 18.0 Å². The molecule has 3 rings (SSSR count). The monoisotopic (exact) mass is 296 g/mol. The lowest BCUT2D eigenvalue weighted by atomic mass is 10.1. The predicted molar refractivity (Wildman–Crippen MR) is 71.7 cm³/mol. The van der Waals surface area contributed by atoms with Crippen molar-refractivity contribution in [2.75, 3.05) is 7.05 Å². The number of hydrogen-bond acceptors (Lipinski definition) is 5. The van der Waals surface area contributed by atoms with Crippen LogP contribution < -0.4 is 16.3 Å². The number of primary sulfonamides is 1. The average Bonchev–Trinajstić information content (AvgIpc) is 2.70. The van der Waals surface area contributed by atoms with Crippen molar-refractivity contribution in [1.82, 2.24) is 14.9 Å². The van der Waals surface area contributed by atoms with Gasteiger partial charge in [0.1, 0.15) is 0 Å². The quantitative estimate of drug-likeness (QED) is 0.570. The van der Waals surface area contributed by atoms with Crippen LogP contribution in [0.15, 0.2) is 20.6 Å². The highest BCUT2D eigenvalue weighted by Gasteiger charge is 2.27. The number of aromatic nitrogens is 2. The number of H-pyrrole nitrogens is 2. The van der Waals surface area contributed by atoms with Crippen molar-refractivity contribution in [2.24, 2.45) is 5.14 Å². The minimum atomic E-state index is -3.91. The molecule has 2 heterocycles. The number of sulfonamides is 1. The Bertz CT molecular complexity index is 941. The molecule has 0 atom stereocenters. The number of rotatable bonds is 1. The number of nitrogens with one attached hydrogen (secondary N) is 2. The third-order valence-electron chi connectivity index (χ3n) is 3.36. The molecule has 1 aromatic carbocycles. The number of hydrogen-bond donors (Lipinski definition) is 3. The zero-order valence-electron chi connectivity index (χ0n) is 10.6. The molecule has 0 saturated carbocycles. The summed E-state index contributed by atoms with van der Waals surface area (Å²) in [5, 5.41) is 5.22. The molecule has 106 valence electrons. The number of fused-ring (bicyclic) bond motifs is 3. The molecular formula is C11H12N4O4S. The number of nitrogens with two attached hydrogens (primary N) is 1. The van der Waals surface area contributed by atoms with Crippen LogP contribution in [0.25, 0.3) is 11.0 Å². The van der Waals surface area contributed by atoms with E-state index in [-0.39, 0.29) is 10.4 Å². The third-order valence-corrected chi connectivity index (χ3v) is 4.34. The molecule has 0 amide bonds. The summed E-state index contributed by atoms with van der Waals surface area (Å²) in [4.78, 5) is 29.6. The lowest BCUT2D eigenvalue weighted by molar-refractivity contribution is 0.352. The van der Waals surface area contributed by atoms with Gasteiger partial charge in [-0.2, -0.15) is 0 Å². The Morgan fingerprint density at radius 2 is 1.75 bits per heavy atom. The van der Waals surface area contributed by atoms with Crippen molar-refractivity contribution >= 4 is 21.1 Å². The van der Waals surface area contributed by atoms with E-state index in [1.54, 1.807) is 0 Å². The molecule has 0 spiro atoms. The van der Waals surface area contributed by atoms with Crippen LogP contribution in [0.4, 0.5) is 0 Å². The lowest BCUT2D eigenvalue weighted by Gasteiger charge is -2.09. The van der Waals surface area contributed by atoms with Crippen LogP contribution in [-0.4, -0.2) is 30.3 Å².